The molecule has 3 aromatic rings. The van der Waals surface area contributed by atoms with E-state index in [1.54, 1.807) is 43.5 Å². The van der Waals surface area contributed by atoms with Gasteiger partial charge in [-0.1, -0.05) is 12.1 Å². The second-order valence-electron chi connectivity index (χ2n) is 7.78. The van der Waals surface area contributed by atoms with E-state index in [2.05, 4.69) is 0 Å². The molecule has 7 nitrogen and oxygen atoms in total. The van der Waals surface area contributed by atoms with E-state index in [-0.39, 0.29) is 0 Å². The first-order chi connectivity index (χ1) is 16.0. The zero-order valence-corrected chi connectivity index (χ0v) is 18.0. The minimum atomic E-state index is -1.00. The first-order valence-corrected chi connectivity index (χ1v) is 10.4. The molecule has 8 heteroatoms. The Kier molecular flexibility index (Phi) is 5.22. The quantitative estimate of drug-likeness (QED) is 0.552. The molecule has 0 N–H and O–H groups in total. The zero-order valence-electron chi connectivity index (χ0n) is 18.0. The topological polar surface area (TPSA) is 68.3 Å². The van der Waals surface area contributed by atoms with Crippen LogP contribution in [-0.2, 0) is 14.4 Å². The number of nitrogens with zero attached hydrogens (tertiary/aromatic N) is 2. The molecule has 5 rings (SSSR count). The summed E-state index contributed by atoms with van der Waals surface area (Å²) in [6, 6.07) is 19.2. The third kappa shape index (κ3) is 3.48. The van der Waals surface area contributed by atoms with Gasteiger partial charge in [0, 0.05) is 0 Å². The van der Waals surface area contributed by atoms with E-state index < -0.39 is 35.7 Å². The molecule has 168 valence electrons. The molecule has 0 saturated carbocycles. The fourth-order valence-electron chi connectivity index (χ4n) is 4.35. The van der Waals surface area contributed by atoms with Crippen LogP contribution in [0.1, 0.15) is 11.6 Å². The van der Waals surface area contributed by atoms with Crippen molar-refractivity contribution < 1.29 is 28.3 Å². The van der Waals surface area contributed by atoms with Crippen molar-refractivity contribution >= 4 is 23.2 Å². The third-order valence-electron chi connectivity index (χ3n) is 5.98. The van der Waals surface area contributed by atoms with E-state index in [1.807, 2.05) is 24.3 Å². The molecule has 2 saturated heterocycles. The van der Waals surface area contributed by atoms with Crippen molar-refractivity contribution in [3.05, 3.63) is 84.2 Å². The lowest BCUT2D eigenvalue weighted by atomic mass is 9.90. The molecule has 2 aliphatic rings. The summed E-state index contributed by atoms with van der Waals surface area (Å²) in [6.07, 6.45) is -1.00. The maximum Gasteiger partial charge on any atom is 0.266 e. The molecular formula is C25H21FN2O5. The van der Waals surface area contributed by atoms with E-state index in [0.717, 1.165) is 10.5 Å². The van der Waals surface area contributed by atoms with Crippen LogP contribution in [-0.4, -0.2) is 32.1 Å². The Morgan fingerprint density at radius 1 is 0.758 bits per heavy atom. The Balaban J connectivity index is 1.56. The zero-order chi connectivity index (χ0) is 23.1. The van der Waals surface area contributed by atoms with Gasteiger partial charge in [0.15, 0.2) is 6.10 Å². The Morgan fingerprint density at radius 3 is 1.88 bits per heavy atom. The van der Waals surface area contributed by atoms with E-state index in [0.29, 0.717) is 22.9 Å². The summed E-state index contributed by atoms with van der Waals surface area (Å²) in [5.74, 6) is -0.755. The first kappa shape index (κ1) is 21.0. The van der Waals surface area contributed by atoms with Gasteiger partial charge >= 0.3 is 0 Å². The van der Waals surface area contributed by atoms with Gasteiger partial charge in [0.1, 0.15) is 23.2 Å². The van der Waals surface area contributed by atoms with Crippen LogP contribution in [0.3, 0.4) is 0 Å². The average molecular weight is 448 g/mol. The van der Waals surface area contributed by atoms with Crippen LogP contribution in [0.5, 0.6) is 11.5 Å². The van der Waals surface area contributed by atoms with Crippen molar-refractivity contribution in [2.75, 3.05) is 24.2 Å². The highest BCUT2D eigenvalue weighted by Gasteiger charge is 2.60. The number of ether oxygens (including phenoxy) is 2. The molecule has 0 aromatic heterocycles. The summed E-state index contributed by atoms with van der Waals surface area (Å²) in [6.45, 7) is 0. The molecule has 2 heterocycles. The Bertz CT molecular complexity index is 1180. The predicted octanol–water partition coefficient (Wildman–Crippen LogP) is 3.89. The van der Waals surface area contributed by atoms with Crippen LogP contribution in [0.25, 0.3) is 0 Å². The third-order valence-corrected chi connectivity index (χ3v) is 5.98. The first-order valence-electron chi connectivity index (χ1n) is 10.4. The molecule has 0 bridgehead atoms. The molecule has 33 heavy (non-hydrogen) atoms. The Morgan fingerprint density at radius 2 is 1.30 bits per heavy atom. The van der Waals surface area contributed by atoms with E-state index in [1.165, 1.54) is 24.3 Å². The second-order valence-corrected chi connectivity index (χ2v) is 7.78. The van der Waals surface area contributed by atoms with Gasteiger partial charge in [-0.05, 0) is 66.2 Å². The van der Waals surface area contributed by atoms with Gasteiger partial charge in [-0.15, -0.1) is 0 Å². The highest BCUT2D eigenvalue weighted by Crippen LogP contribution is 2.47. The normalized spacial score (nSPS) is 22.0. The number of amides is 2. The van der Waals surface area contributed by atoms with E-state index in [9.17, 15) is 14.0 Å². The summed E-state index contributed by atoms with van der Waals surface area (Å²) in [7, 11) is 3.15. The van der Waals surface area contributed by atoms with Gasteiger partial charge in [-0.25, -0.2) is 14.4 Å². The molecule has 2 fully saturated rings. The number of halogens is 1. The van der Waals surface area contributed by atoms with Crippen LogP contribution in [0.15, 0.2) is 72.8 Å². The van der Waals surface area contributed by atoms with Crippen molar-refractivity contribution in [3.8, 4) is 11.5 Å². The largest absolute Gasteiger partial charge is 0.497 e. The lowest BCUT2D eigenvalue weighted by molar-refractivity contribution is -0.126. The molecule has 0 spiro atoms. The van der Waals surface area contributed by atoms with Crippen LogP contribution in [0.2, 0.25) is 0 Å². The molecule has 3 aromatic carbocycles. The van der Waals surface area contributed by atoms with Crippen molar-refractivity contribution in [1.82, 2.24) is 0 Å². The highest BCUT2D eigenvalue weighted by molar-refractivity contribution is 6.23. The van der Waals surface area contributed by atoms with Crippen LogP contribution in [0, 0.1) is 11.7 Å². The summed E-state index contributed by atoms with van der Waals surface area (Å²) in [4.78, 5) is 34.0. The standard InChI is InChI=1S/C25H21FN2O5/c1-31-19-11-3-15(4-12-19)22-21-23(33-28(22)18-9-13-20(32-2)14-10-18)25(30)27(24(21)29)17-7-5-16(26)6-8-17/h3-14,21-23H,1-2H3/t21-,22+,23-/m0/s1. The maximum atomic E-state index is 13.5. The fraction of sp³-hybridized carbons (Fsp3) is 0.200. The maximum absolute atomic E-state index is 13.5. The number of anilines is 2. The van der Waals surface area contributed by atoms with Crippen molar-refractivity contribution in [3.63, 3.8) is 0 Å². The summed E-state index contributed by atoms with van der Waals surface area (Å²) >= 11 is 0. The highest BCUT2D eigenvalue weighted by atomic mass is 19.1. The molecule has 0 aliphatic carbocycles. The monoisotopic (exact) mass is 448 g/mol. The number of carbonyl (C=O) groups is 2. The number of benzene rings is 3. The average Bonchev–Trinajstić information content (AvgIpc) is 3.36. The van der Waals surface area contributed by atoms with Gasteiger partial charge in [0.05, 0.1) is 31.6 Å². The van der Waals surface area contributed by atoms with Gasteiger partial charge in [0.25, 0.3) is 5.91 Å². The molecule has 2 amide bonds. The predicted molar refractivity (Wildman–Crippen MR) is 118 cm³/mol. The van der Waals surface area contributed by atoms with Crippen LogP contribution >= 0.6 is 0 Å². The minimum Gasteiger partial charge on any atom is -0.497 e. The van der Waals surface area contributed by atoms with E-state index in [4.69, 9.17) is 14.3 Å². The Labute approximate surface area is 189 Å². The molecule has 3 atom stereocenters. The van der Waals surface area contributed by atoms with Crippen molar-refractivity contribution in [1.29, 1.82) is 0 Å². The number of hydrogen-bond donors (Lipinski definition) is 0. The summed E-state index contributed by atoms with van der Waals surface area (Å²) in [5, 5.41) is 1.61. The smallest absolute Gasteiger partial charge is 0.266 e. The van der Waals surface area contributed by atoms with Gasteiger partial charge in [-0.3, -0.25) is 14.4 Å². The number of methoxy groups -OCH3 is 2. The van der Waals surface area contributed by atoms with Crippen molar-refractivity contribution in [2.45, 2.75) is 12.1 Å². The van der Waals surface area contributed by atoms with Crippen LogP contribution < -0.4 is 19.4 Å². The van der Waals surface area contributed by atoms with E-state index >= 15 is 0 Å². The number of hydrogen-bond acceptors (Lipinski definition) is 6. The number of carbonyl (C=O) groups excluding carboxylic acids is 2. The number of rotatable bonds is 5. The second kappa shape index (κ2) is 8.22. The minimum absolute atomic E-state index is 0.314. The van der Waals surface area contributed by atoms with Gasteiger partial charge in [0.2, 0.25) is 5.91 Å². The Hall–Kier alpha value is -3.91. The number of fused-ring (bicyclic) bond motifs is 1. The molecule has 0 unspecified atom stereocenters. The van der Waals surface area contributed by atoms with Crippen molar-refractivity contribution in [2.24, 2.45) is 5.92 Å². The number of hydroxylamine groups is 1. The lowest BCUT2D eigenvalue weighted by Gasteiger charge is -2.29. The SMILES string of the molecule is COc1ccc([C@@H]2[C@@H]3C(=O)N(c4ccc(F)cc4)C(=O)[C@H]3ON2c2ccc(OC)cc2)cc1. The fourth-order valence-corrected chi connectivity index (χ4v) is 4.35. The molecule has 0 radical (unpaired) electrons. The molecular weight excluding hydrogens is 427 g/mol. The van der Waals surface area contributed by atoms with Gasteiger partial charge < -0.3 is 9.47 Å². The van der Waals surface area contributed by atoms with Crippen LogP contribution in [0.4, 0.5) is 15.8 Å². The number of imide groups is 1. The molecule has 2 aliphatic heterocycles. The summed E-state index contributed by atoms with van der Waals surface area (Å²) in [5.41, 5.74) is 1.79. The summed E-state index contributed by atoms with van der Waals surface area (Å²) < 4.78 is 23.9. The van der Waals surface area contributed by atoms with Gasteiger partial charge in [-0.2, -0.15) is 0 Å². The lowest BCUT2D eigenvalue weighted by Crippen LogP contribution is -2.37.